The number of pyridine rings is 1. The van der Waals surface area contributed by atoms with Crippen LogP contribution in [0.4, 0.5) is 13.2 Å². The number of hydrogen-bond acceptors (Lipinski definition) is 3. The van der Waals surface area contributed by atoms with Crippen molar-refractivity contribution < 1.29 is 27.8 Å². The molecule has 0 saturated carbocycles. The summed E-state index contributed by atoms with van der Waals surface area (Å²) in [4.78, 5) is 14.3. The van der Waals surface area contributed by atoms with Gasteiger partial charge in [-0.25, -0.2) is 0 Å². The molecule has 0 amide bonds. The van der Waals surface area contributed by atoms with Crippen LogP contribution in [0.2, 0.25) is 0 Å². The monoisotopic (exact) mass is 361 g/mol. The van der Waals surface area contributed by atoms with Gasteiger partial charge in [-0.3, -0.25) is 9.78 Å². The number of carbonyl (C=O) groups is 1. The zero-order valence-electron chi connectivity index (χ0n) is 8.51. The Kier molecular flexibility index (Phi) is 4.17. The van der Waals surface area contributed by atoms with Crippen molar-refractivity contribution in [3.8, 4) is 5.75 Å². The molecule has 94 valence electrons. The number of carboxylic acid groups (broad SMARTS) is 1. The molecule has 0 radical (unpaired) electrons. The molecule has 17 heavy (non-hydrogen) atoms. The Bertz CT molecular complexity index is 448. The minimum absolute atomic E-state index is 0.0228. The predicted molar refractivity (Wildman–Crippen MR) is 59.7 cm³/mol. The normalized spacial score (nSPS) is 11.4. The van der Waals surface area contributed by atoms with Crippen LogP contribution in [0.15, 0.2) is 6.07 Å². The Labute approximate surface area is 108 Å². The number of ether oxygens (including phenoxy) is 1. The standard InChI is InChI=1S/C9H7F3INO3/c1-4-8(13)6(17-9(10,11)12)2-5(14-4)3-7(15)16/h2H,3H2,1H3,(H,15,16). The lowest BCUT2D eigenvalue weighted by atomic mass is 10.2. The van der Waals surface area contributed by atoms with Crippen LogP contribution in [0.25, 0.3) is 0 Å². The second-order valence-electron chi connectivity index (χ2n) is 3.13. The van der Waals surface area contributed by atoms with E-state index in [0.29, 0.717) is 5.69 Å². The molecule has 4 nitrogen and oxygen atoms in total. The number of aryl methyl sites for hydroxylation is 1. The van der Waals surface area contributed by atoms with E-state index >= 15 is 0 Å². The van der Waals surface area contributed by atoms with E-state index in [-0.39, 0.29) is 9.26 Å². The molecule has 0 aliphatic carbocycles. The van der Waals surface area contributed by atoms with Gasteiger partial charge in [-0.05, 0) is 29.5 Å². The molecular formula is C9H7F3INO3. The van der Waals surface area contributed by atoms with Gasteiger partial charge < -0.3 is 9.84 Å². The Morgan fingerprint density at radius 3 is 2.65 bits per heavy atom. The van der Waals surface area contributed by atoms with E-state index in [4.69, 9.17) is 5.11 Å². The number of aliphatic carboxylic acids is 1. The van der Waals surface area contributed by atoms with E-state index < -0.39 is 24.5 Å². The molecule has 0 aliphatic heterocycles. The summed E-state index contributed by atoms with van der Waals surface area (Å²) in [5.74, 6) is -1.60. The molecule has 0 atom stereocenters. The third-order valence-corrected chi connectivity index (χ3v) is 3.01. The Hall–Kier alpha value is -1.06. The minimum atomic E-state index is -4.81. The summed E-state index contributed by atoms with van der Waals surface area (Å²) in [6.45, 7) is 1.48. The van der Waals surface area contributed by atoms with Crippen LogP contribution in [-0.4, -0.2) is 22.4 Å². The smallest absolute Gasteiger partial charge is 0.481 e. The third kappa shape index (κ3) is 4.36. The lowest BCUT2D eigenvalue weighted by molar-refractivity contribution is -0.275. The first-order valence-corrected chi connectivity index (χ1v) is 5.40. The highest BCUT2D eigenvalue weighted by Gasteiger charge is 2.32. The highest BCUT2D eigenvalue weighted by atomic mass is 127. The lowest BCUT2D eigenvalue weighted by Crippen LogP contribution is -2.18. The highest BCUT2D eigenvalue weighted by molar-refractivity contribution is 14.1. The van der Waals surface area contributed by atoms with Crippen LogP contribution in [-0.2, 0) is 11.2 Å². The molecule has 1 rings (SSSR count). The molecule has 1 aromatic heterocycles. The number of nitrogens with zero attached hydrogens (tertiary/aromatic N) is 1. The average Bonchev–Trinajstić information content (AvgIpc) is 2.09. The molecule has 0 aliphatic rings. The molecule has 1 aromatic rings. The fourth-order valence-corrected chi connectivity index (χ4v) is 1.52. The maximum Gasteiger partial charge on any atom is 0.573 e. The Morgan fingerprint density at radius 1 is 1.59 bits per heavy atom. The summed E-state index contributed by atoms with van der Waals surface area (Å²) < 4.78 is 40.3. The quantitative estimate of drug-likeness (QED) is 0.841. The van der Waals surface area contributed by atoms with Crippen molar-refractivity contribution in [3.05, 3.63) is 21.0 Å². The van der Waals surface area contributed by atoms with Crippen molar-refractivity contribution in [1.82, 2.24) is 4.98 Å². The van der Waals surface area contributed by atoms with Gasteiger partial charge in [-0.2, -0.15) is 0 Å². The molecule has 8 heteroatoms. The highest BCUT2D eigenvalue weighted by Crippen LogP contribution is 2.29. The largest absolute Gasteiger partial charge is 0.573 e. The van der Waals surface area contributed by atoms with Crippen LogP contribution in [0.5, 0.6) is 5.75 Å². The van der Waals surface area contributed by atoms with E-state index in [1.807, 2.05) is 0 Å². The molecule has 1 N–H and O–H groups in total. The van der Waals surface area contributed by atoms with Gasteiger partial charge in [0.15, 0.2) is 0 Å². The summed E-state index contributed by atoms with van der Waals surface area (Å²) in [5, 5.41) is 8.55. The van der Waals surface area contributed by atoms with E-state index in [2.05, 4.69) is 9.72 Å². The predicted octanol–water partition coefficient (Wildman–Crippen LogP) is 2.52. The van der Waals surface area contributed by atoms with Crippen molar-refractivity contribution in [3.63, 3.8) is 0 Å². The number of rotatable bonds is 3. The second-order valence-corrected chi connectivity index (χ2v) is 4.21. The van der Waals surface area contributed by atoms with Crippen LogP contribution in [0.3, 0.4) is 0 Å². The number of aromatic nitrogens is 1. The molecule has 0 bridgehead atoms. The molecule has 0 saturated heterocycles. The zero-order chi connectivity index (χ0) is 13.2. The summed E-state index contributed by atoms with van der Waals surface area (Å²) >= 11 is 1.66. The van der Waals surface area contributed by atoms with E-state index in [9.17, 15) is 18.0 Å². The van der Waals surface area contributed by atoms with Gasteiger partial charge in [-0.1, -0.05) is 0 Å². The van der Waals surface area contributed by atoms with Crippen LogP contribution >= 0.6 is 22.6 Å². The van der Waals surface area contributed by atoms with Crippen LogP contribution < -0.4 is 4.74 Å². The summed E-state index contributed by atoms with van der Waals surface area (Å²) in [6.07, 6.45) is -5.26. The molecule has 0 unspecified atom stereocenters. The van der Waals surface area contributed by atoms with E-state index in [1.54, 1.807) is 22.6 Å². The number of halogens is 4. The summed E-state index contributed by atoms with van der Waals surface area (Å²) in [6, 6.07) is 0.983. The first-order chi connectivity index (χ1) is 7.69. The van der Waals surface area contributed by atoms with Crippen molar-refractivity contribution in [2.75, 3.05) is 0 Å². The molecule has 0 spiro atoms. The summed E-state index contributed by atoms with van der Waals surface area (Å²) in [5.41, 5.74) is 0.318. The van der Waals surface area contributed by atoms with E-state index in [1.165, 1.54) is 6.92 Å². The lowest BCUT2D eigenvalue weighted by Gasteiger charge is -2.12. The van der Waals surface area contributed by atoms with E-state index in [0.717, 1.165) is 6.07 Å². The summed E-state index contributed by atoms with van der Waals surface area (Å²) in [7, 11) is 0. The number of hydrogen-bond donors (Lipinski definition) is 1. The van der Waals surface area contributed by atoms with Gasteiger partial charge in [0.05, 0.1) is 21.4 Å². The molecule has 0 fully saturated rings. The SMILES string of the molecule is Cc1nc(CC(=O)O)cc(OC(F)(F)F)c1I. The van der Waals surface area contributed by atoms with Crippen LogP contribution in [0, 0.1) is 10.5 Å². The Morgan fingerprint density at radius 2 is 2.18 bits per heavy atom. The average molecular weight is 361 g/mol. The van der Waals surface area contributed by atoms with Crippen LogP contribution in [0.1, 0.15) is 11.4 Å². The third-order valence-electron chi connectivity index (χ3n) is 1.70. The fourth-order valence-electron chi connectivity index (χ4n) is 1.13. The maximum atomic E-state index is 12.1. The van der Waals surface area contributed by atoms with Crippen molar-refractivity contribution in [2.45, 2.75) is 19.7 Å². The van der Waals surface area contributed by atoms with Crippen molar-refractivity contribution in [1.29, 1.82) is 0 Å². The van der Waals surface area contributed by atoms with Gasteiger partial charge >= 0.3 is 12.3 Å². The topological polar surface area (TPSA) is 59.4 Å². The number of carboxylic acids is 1. The van der Waals surface area contributed by atoms with Gasteiger partial charge in [-0.15, -0.1) is 13.2 Å². The van der Waals surface area contributed by atoms with Crippen molar-refractivity contribution in [2.24, 2.45) is 0 Å². The van der Waals surface area contributed by atoms with Gasteiger partial charge in [0, 0.05) is 6.07 Å². The maximum absolute atomic E-state index is 12.1. The second kappa shape index (κ2) is 5.07. The Balaban J connectivity index is 3.11. The first-order valence-electron chi connectivity index (χ1n) is 4.32. The first kappa shape index (κ1) is 14.0. The zero-order valence-corrected chi connectivity index (χ0v) is 10.7. The van der Waals surface area contributed by atoms with Gasteiger partial charge in [0.2, 0.25) is 0 Å². The van der Waals surface area contributed by atoms with Crippen molar-refractivity contribution >= 4 is 28.6 Å². The minimum Gasteiger partial charge on any atom is -0.481 e. The molecule has 1 heterocycles. The number of alkyl halides is 3. The van der Waals surface area contributed by atoms with Gasteiger partial charge in [0.1, 0.15) is 5.75 Å². The molecular weight excluding hydrogens is 354 g/mol. The fraction of sp³-hybridized carbons (Fsp3) is 0.333. The van der Waals surface area contributed by atoms with Gasteiger partial charge in [0.25, 0.3) is 0 Å². The molecule has 0 aromatic carbocycles.